The topological polar surface area (TPSA) is 51.7 Å². The minimum Gasteiger partial charge on any atom is -0.486 e. The number of nitrogens with zero attached hydrogens (tertiary/aromatic N) is 2. The Balaban J connectivity index is 1.97. The van der Waals surface area contributed by atoms with Crippen molar-refractivity contribution < 1.29 is 14.3 Å². The van der Waals surface area contributed by atoms with Gasteiger partial charge in [0.2, 0.25) is 0 Å². The van der Waals surface area contributed by atoms with Crippen LogP contribution in [0.25, 0.3) is 0 Å². The molecule has 5 heteroatoms. The molecule has 0 amide bonds. The van der Waals surface area contributed by atoms with E-state index in [-0.39, 0.29) is 6.10 Å². The molecule has 1 saturated heterocycles. The molecule has 17 heavy (non-hydrogen) atoms. The minimum atomic E-state index is -0.437. The molecule has 1 aliphatic heterocycles. The number of carbonyl (C=O) groups excluding carboxylic acids is 1. The van der Waals surface area contributed by atoms with E-state index in [1.165, 1.54) is 7.11 Å². The third kappa shape index (κ3) is 2.39. The molecule has 2 rings (SSSR count). The molecule has 0 N–H and O–H groups in total. The fraction of sp³-hybridized carbons (Fsp3) is 0.500. The van der Waals surface area contributed by atoms with E-state index in [4.69, 9.17) is 4.74 Å². The predicted molar refractivity (Wildman–Crippen MR) is 62.1 cm³/mol. The summed E-state index contributed by atoms with van der Waals surface area (Å²) in [7, 11) is 3.39. The van der Waals surface area contributed by atoms with E-state index in [0.717, 1.165) is 6.54 Å². The molecular weight excluding hydrogens is 220 g/mol. The van der Waals surface area contributed by atoms with Gasteiger partial charge in [0, 0.05) is 12.6 Å². The highest BCUT2D eigenvalue weighted by Crippen LogP contribution is 2.21. The SMILES string of the molecule is COC(=O)c1ccc(O[C@@H]2CN(C)[C@H]2C)cn1. The lowest BCUT2D eigenvalue weighted by atomic mass is 10.0. The van der Waals surface area contributed by atoms with Crippen molar-refractivity contribution in [1.29, 1.82) is 0 Å². The van der Waals surface area contributed by atoms with Gasteiger partial charge >= 0.3 is 5.97 Å². The fourth-order valence-corrected chi connectivity index (χ4v) is 1.73. The molecule has 0 spiro atoms. The number of likely N-dealkylation sites (tertiary alicyclic amines) is 1. The Bertz CT molecular complexity index is 405. The van der Waals surface area contributed by atoms with Crippen LogP contribution in [0.5, 0.6) is 5.75 Å². The van der Waals surface area contributed by atoms with E-state index in [1.54, 1.807) is 18.3 Å². The fourth-order valence-electron chi connectivity index (χ4n) is 1.73. The summed E-state index contributed by atoms with van der Waals surface area (Å²) in [5.41, 5.74) is 0.290. The van der Waals surface area contributed by atoms with Crippen LogP contribution >= 0.6 is 0 Å². The Hall–Kier alpha value is -1.62. The molecule has 92 valence electrons. The first-order chi connectivity index (χ1) is 8.11. The molecule has 0 unspecified atom stereocenters. The van der Waals surface area contributed by atoms with Gasteiger partial charge in [0.15, 0.2) is 0 Å². The number of carbonyl (C=O) groups is 1. The van der Waals surface area contributed by atoms with Gasteiger partial charge in [-0.15, -0.1) is 0 Å². The molecule has 0 bridgehead atoms. The average molecular weight is 236 g/mol. The van der Waals surface area contributed by atoms with Gasteiger partial charge in [-0.3, -0.25) is 4.90 Å². The summed E-state index contributed by atoms with van der Waals surface area (Å²) in [6.45, 7) is 3.03. The second-order valence-electron chi connectivity index (χ2n) is 4.21. The van der Waals surface area contributed by atoms with E-state index in [1.807, 2.05) is 0 Å². The summed E-state index contributed by atoms with van der Waals surface area (Å²) in [6.07, 6.45) is 1.75. The third-order valence-corrected chi connectivity index (χ3v) is 3.12. The summed E-state index contributed by atoms with van der Waals surface area (Å²) in [5, 5.41) is 0. The number of rotatable bonds is 3. The van der Waals surface area contributed by atoms with Gasteiger partial charge in [-0.2, -0.15) is 0 Å². The molecule has 1 aliphatic rings. The number of esters is 1. The average Bonchev–Trinajstić information content (AvgIpc) is 2.38. The number of hydrogen-bond donors (Lipinski definition) is 0. The van der Waals surface area contributed by atoms with Crippen molar-refractivity contribution in [1.82, 2.24) is 9.88 Å². The van der Waals surface area contributed by atoms with E-state index in [9.17, 15) is 4.79 Å². The summed E-state index contributed by atoms with van der Waals surface area (Å²) >= 11 is 0. The molecule has 2 heterocycles. The molecule has 1 aromatic rings. The van der Waals surface area contributed by atoms with Gasteiger partial charge in [0.25, 0.3) is 0 Å². The summed E-state index contributed by atoms with van der Waals surface area (Å²) < 4.78 is 10.3. The lowest BCUT2D eigenvalue weighted by molar-refractivity contribution is -0.0181. The van der Waals surface area contributed by atoms with Crippen molar-refractivity contribution in [3.05, 3.63) is 24.0 Å². The van der Waals surface area contributed by atoms with Crippen molar-refractivity contribution in [3.63, 3.8) is 0 Å². The molecule has 1 aromatic heterocycles. The molecule has 0 aliphatic carbocycles. The first-order valence-electron chi connectivity index (χ1n) is 5.53. The van der Waals surface area contributed by atoms with Gasteiger partial charge in [-0.05, 0) is 26.1 Å². The van der Waals surface area contributed by atoms with Crippen LogP contribution < -0.4 is 4.74 Å². The predicted octanol–water partition coefficient (Wildman–Crippen LogP) is 0.950. The van der Waals surface area contributed by atoms with Gasteiger partial charge < -0.3 is 9.47 Å². The second-order valence-corrected chi connectivity index (χ2v) is 4.21. The third-order valence-electron chi connectivity index (χ3n) is 3.12. The van der Waals surface area contributed by atoms with Crippen molar-refractivity contribution in [2.24, 2.45) is 0 Å². The summed E-state index contributed by atoms with van der Waals surface area (Å²) in [4.78, 5) is 17.4. The Morgan fingerprint density at radius 2 is 2.29 bits per heavy atom. The van der Waals surface area contributed by atoms with Crippen molar-refractivity contribution in [3.8, 4) is 5.75 Å². The lowest BCUT2D eigenvalue weighted by Gasteiger charge is -2.43. The lowest BCUT2D eigenvalue weighted by Crippen LogP contribution is -2.58. The molecule has 2 atom stereocenters. The van der Waals surface area contributed by atoms with Crippen LogP contribution in [0.4, 0.5) is 0 Å². The highest BCUT2D eigenvalue weighted by atomic mass is 16.5. The monoisotopic (exact) mass is 236 g/mol. The Morgan fingerprint density at radius 1 is 1.53 bits per heavy atom. The quantitative estimate of drug-likeness (QED) is 0.731. The van der Waals surface area contributed by atoms with Gasteiger partial charge in [0.1, 0.15) is 17.5 Å². The maximum absolute atomic E-state index is 11.2. The molecule has 5 nitrogen and oxygen atoms in total. The number of aromatic nitrogens is 1. The molecule has 1 fully saturated rings. The highest BCUT2D eigenvalue weighted by molar-refractivity contribution is 5.87. The van der Waals surface area contributed by atoms with Crippen LogP contribution in [-0.2, 0) is 4.74 Å². The minimum absolute atomic E-state index is 0.200. The highest BCUT2D eigenvalue weighted by Gasteiger charge is 2.34. The zero-order valence-electron chi connectivity index (χ0n) is 10.2. The van der Waals surface area contributed by atoms with E-state index < -0.39 is 5.97 Å². The smallest absolute Gasteiger partial charge is 0.356 e. The van der Waals surface area contributed by atoms with Crippen molar-refractivity contribution in [2.45, 2.75) is 19.1 Å². The molecule has 0 saturated carbocycles. The number of methoxy groups -OCH3 is 1. The van der Waals surface area contributed by atoms with Gasteiger partial charge in [-0.25, -0.2) is 9.78 Å². The van der Waals surface area contributed by atoms with Crippen LogP contribution in [0.2, 0.25) is 0 Å². The van der Waals surface area contributed by atoms with Crippen LogP contribution in [-0.4, -0.2) is 48.7 Å². The largest absolute Gasteiger partial charge is 0.486 e. The van der Waals surface area contributed by atoms with Gasteiger partial charge in [0.05, 0.1) is 13.3 Å². The number of hydrogen-bond acceptors (Lipinski definition) is 5. The Labute approximate surface area is 100 Å². The number of likely N-dealkylation sites (N-methyl/N-ethyl adjacent to an activating group) is 1. The van der Waals surface area contributed by atoms with E-state index in [2.05, 4.69) is 28.6 Å². The van der Waals surface area contributed by atoms with E-state index >= 15 is 0 Å². The zero-order chi connectivity index (χ0) is 12.4. The number of ether oxygens (including phenoxy) is 2. The molecular formula is C12H16N2O3. The Kier molecular flexibility index (Phi) is 3.28. The number of pyridine rings is 1. The van der Waals surface area contributed by atoms with Crippen molar-refractivity contribution >= 4 is 5.97 Å². The van der Waals surface area contributed by atoms with Crippen LogP contribution in [0.3, 0.4) is 0 Å². The normalized spacial score (nSPS) is 23.9. The van der Waals surface area contributed by atoms with Crippen LogP contribution in [0, 0.1) is 0 Å². The van der Waals surface area contributed by atoms with Gasteiger partial charge in [-0.1, -0.05) is 0 Å². The van der Waals surface area contributed by atoms with E-state index in [0.29, 0.717) is 17.5 Å². The first kappa shape index (κ1) is 11.9. The first-order valence-corrected chi connectivity index (χ1v) is 5.53. The second kappa shape index (κ2) is 4.71. The summed E-state index contributed by atoms with van der Waals surface area (Å²) in [6, 6.07) is 3.76. The maximum atomic E-state index is 11.2. The zero-order valence-corrected chi connectivity index (χ0v) is 10.2. The summed E-state index contributed by atoms with van der Waals surface area (Å²) in [5.74, 6) is 0.246. The maximum Gasteiger partial charge on any atom is 0.356 e. The molecule has 0 radical (unpaired) electrons. The Morgan fingerprint density at radius 3 is 2.76 bits per heavy atom. The van der Waals surface area contributed by atoms with Crippen molar-refractivity contribution in [2.75, 3.05) is 20.7 Å². The van der Waals surface area contributed by atoms with Crippen LogP contribution in [0.15, 0.2) is 18.3 Å². The standard InChI is InChI=1S/C12H16N2O3/c1-8-11(7-14(8)2)17-9-4-5-10(13-6-9)12(15)16-3/h4-6,8,11H,7H2,1-3H3/t8-,11+/m0/s1. The van der Waals surface area contributed by atoms with Crippen LogP contribution in [0.1, 0.15) is 17.4 Å². The molecule has 0 aromatic carbocycles.